The number of benzene rings is 2. The van der Waals surface area contributed by atoms with Crippen LogP contribution in [-0.2, 0) is 9.53 Å². The Morgan fingerprint density at radius 3 is 2.35 bits per heavy atom. The predicted molar refractivity (Wildman–Crippen MR) is 87.6 cm³/mol. The van der Waals surface area contributed by atoms with Gasteiger partial charge in [-0.1, -0.05) is 37.3 Å². The minimum absolute atomic E-state index is 0.304. The fourth-order valence-electron chi connectivity index (χ4n) is 2.08. The van der Waals surface area contributed by atoms with E-state index in [-0.39, 0.29) is 5.91 Å². The van der Waals surface area contributed by atoms with Crippen LogP contribution in [0, 0.1) is 0 Å². The molecule has 0 aliphatic carbocycles. The molecular weight excluding hydrogens is 294 g/mol. The molecule has 2 aromatic rings. The topological polar surface area (TPSA) is 64.6 Å². The number of ether oxygens (including phenoxy) is 2. The van der Waals surface area contributed by atoms with Gasteiger partial charge < -0.3 is 14.8 Å². The monoisotopic (exact) mass is 313 g/mol. The predicted octanol–water partition coefficient (Wildman–Crippen LogP) is 3.27. The maximum atomic E-state index is 12.4. The zero-order valence-corrected chi connectivity index (χ0v) is 13.1. The Bertz CT molecular complexity index is 670. The first-order valence-electron chi connectivity index (χ1n) is 7.35. The van der Waals surface area contributed by atoms with Crippen LogP contribution in [0.15, 0.2) is 54.6 Å². The third-order valence-electron chi connectivity index (χ3n) is 3.28. The SMILES string of the molecule is CCC(Oc1ccccc1)C(=O)Nc1ccccc1C(=O)OC. The lowest BCUT2D eigenvalue weighted by Crippen LogP contribution is -2.32. The third-order valence-corrected chi connectivity index (χ3v) is 3.28. The maximum absolute atomic E-state index is 12.4. The molecule has 2 rings (SSSR count). The molecule has 0 spiro atoms. The van der Waals surface area contributed by atoms with Crippen LogP contribution in [0.4, 0.5) is 5.69 Å². The van der Waals surface area contributed by atoms with Gasteiger partial charge >= 0.3 is 5.97 Å². The van der Waals surface area contributed by atoms with E-state index >= 15 is 0 Å². The Kier molecular flexibility index (Phi) is 5.74. The molecule has 0 aliphatic rings. The highest BCUT2D eigenvalue weighted by atomic mass is 16.5. The number of methoxy groups -OCH3 is 1. The summed E-state index contributed by atoms with van der Waals surface area (Å²) < 4.78 is 10.4. The minimum atomic E-state index is -0.650. The smallest absolute Gasteiger partial charge is 0.339 e. The van der Waals surface area contributed by atoms with Gasteiger partial charge in [0.15, 0.2) is 6.10 Å². The molecule has 1 unspecified atom stereocenters. The molecule has 5 nitrogen and oxygen atoms in total. The highest BCUT2D eigenvalue weighted by Gasteiger charge is 2.21. The molecule has 0 fully saturated rings. The van der Waals surface area contributed by atoms with E-state index in [1.54, 1.807) is 36.4 Å². The van der Waals surface area contributed by atoms with Gasteiger partial charge in [0, 0.05) is 0 Å². The molecule has 5 heteroatoms. The number of hydrogen-bond donors (Lipinski definition) is 1. The van der Waals surface area contributed by atoms with Crippen molar-refractivity contribution in [3.05, 3.63) is 60.2 Å². The maximum Gasteiger partial charge on any atom is 0.339 e. The minimum Gasteiger partial charge on any atom is -0.481 e. The van der Waals surface area contributed by atoms with Crippen LogP contribution >= 0.6 is 0 Å². The summed E-state index contributed by atoms with van der Waals surface area (Å²) in [6.45, 7) is 1.86. The van der Waals surface area contributed by atoms with Gasteiger partial charge in [-0.3, -0.25) is 4.79 Å². The Hall–Kier alpha value is -2.82. The largest absolute Gasteiger partial charge is 0.481 e. The van der Waals surface area contributed by atoms with Gasteiger partial charge in [0.2, 0.25) is 0 Å². The number of para-hydroxylation sites is 2. The van der Waals surface area contributed by atoms with Crippen molar-refractivity contribution in [1.29, 1.82) is 0 Å². The summed E-state index contributed by atoms with van der Waals surface area (Å²) in [6.07, 6.45) is -0.149. The molecule has 120 valence electrons. The van der Waals surface area contributed by atoms with Crippen LogP contribution in [0.25, 0.3) is 0 Å². The standard InChI is InChI=1S/C18H19NO4/c1-3-16(23-13-9-5-4-6-10-13)17(20)19-15-12-8-7-11-14(15)18(21)22-2/h4-12,16H,3H2,1-2H3,(H,19,20). The summed E-state index contributed by atoms with van der Waals surface area (Å²) >= 11 is 0. The first kappa shape index (κ1) is 16.5. The summed E-state index contributed by atoms with van der Waals surface area (Å²) in [4.78, 5) is 24.2. The Labute approximate surface area is 135 Å². The van der Waals surface area contributed by atoms with Gasteiger partial charge in [-0.2, -0.15) is 0 Å². The van der Waals surface area contributed by atoms with E-state index in [9.17, 15) is 9.59 Å². The zero-order valence-electron chi connectivity index (χ0n) is 13.1. The number of anilines is 1. The van der Waals surface area contributed by atoms with Gasteiger partial charge in [0.1, 0.15) is 5.75 Å². The number of amides is 1. The van der Waals surface area contributed by atoms with Crippen molar-refractivity contribution in [3.63, 3.8) is 0 Å². The van der Waals surface area contributed by atoms with Crippen LogP contribution < -0.4 is 10.1 Å². The van der Waals surface area contributed by atoms with Crippen molar-refractivity contribution in [3.8, 4) is 5.75 Å². The van der Waals surface area contributed by atoms with E-state index < -0.39 is 12.1 Å². The van der Waals surface area contributed by atoms with Crippen LogP contribution in [-0.4, -0.2) is 25.1 Å². The van der Waals surface area contributed by atoms with E-state index in [4.69, 9.17) is 9.47 Å². The van der Waals surface area contributed by atoms with E-state index in [1.165, 1.54) is 7.11 Å². The van der Waals surface area contributed by atoms with Gasteiger partial charge in [0.05, 0.1) is 18.4 Å². The lowest BCUT2D eigenvalue weighted by molar-refractivity contribution is -0.122. The number of hydrogen-bond acceptors (Lipinski definition) is 4. The molecule has 1 N–H and O–H groups in total. The molecule has 1 amide bonds. The molecule has 23 heavy (non-hydrogen) atoms. The first-order valence-corrected chi connectivity index (χ1v) is 7.35. The molecule has 1 atom stereocenters. The van der Waals surface area contributed by atoms with Crippen molar-refractivity contribution in [2.75, 3.05) is 12.4 Å². The van der Waals surface area contributed by atoms with E-state index in [1.807, 2.05) is 25.1 Å². The van der Waals surface area contributed by atoms with Crippen LogP contribution in [0.3, 0.4) is 0 Å². The van der Waals surface area contributed by atoms with Crippen molar-refractivity contribution >= 4 is 17.6 Å². The average molecular weight is 313 g/mol. The summed E-state index contributed by atoms with van der Waals surface area (Å²) in [5, 5.41) is 2.73. The lowest BCUT2D eigenvalue weighted by Gasteiger charge is -2.18. The van der Waals surface area contributed by atoms with Gasteiger partial charge in [-0.25, -0.2) is 4.79 Å². The number of esters is 1. The normalized spacial score (nSPS) is 11.4. The number of rotatable bonds is 6. The van der Waals surface area contributed by atoms with Crippen LogP contribution in [0.5, 0.6) is 5.75 Å². The van der Waals surface area contributed by atoms with Gasteiger partial charge in [0.25, 0.3) is 5.91 Å². The van der Waals surface area contributed by atoms with Crippen molar-refractivity contribution in [1.82, 2.24) is 0 Å². The summed E-state index contributed by atoms with van der Waals surface area (Å²) in [6, 6.07) is 15.8. The molecule has 2 aromatic carbocycles. The number of carbonyl (C=O) groups is 2. The fourth-order valence-corrected chi connectivity index (χ4v) is 2.08. The summed E-state index contributed by atoms with van der Waals surface area (Å²) in [7, 11) is 1.30. The second-order valence-corrected chi connectivity index (χ2v) is 4.85. The van der Waals surface area contributed by atoms with Crippen LogP contribution in [0.1, 0.15) is 23.7 Å². The summed E-state index contributed by atoms with van der Waals surface area (Å²) in [5.41, 5.74) is 0.706. The molecule has 0 radical (unpaired) electrons. The molecule has 0 saturated heterocycles. The molecule has 0 aliphatic heterocycles. The first-order chi connectivity index (χ1) is 11.2. The second kappa shape index (κ2) is 7.98. The molecule has 0 bridgehead atoms. The van der Waals surface area contributed by atoms with E-state index in [2.05, 4.69) is 5.32 Å². The lowest BCUT2D eigenvalue weighted by atomic mass is 10.1. The Balaban J connectivity index is 2.12. The van der Waals surface area contributed by atoms with Gasteiger partial charge in [-0.15, -0.1) is 0 Å². The van der Waals surface area contributed by atoms with Crippen molar-refractivity contribution < 1.29 is 19.1 Å². The number of carbonyl (C=O) groups excluding carboxylic acids is 2. The molecule has 0 saturated carbocycles. The third kappa shape index (κ3) is 4.32. The van der Waals surface area contributed by atoms with Gasteiger partial charge in [-0.05, 0) is 30.7 Å². The Morgan fingerprint density at radius 2 is 1.70 bits per heavy atom. The van der Waals surface area contributed by atoms with E-state index in [0.29, 0.717) is 23.4 Å². The highest BCUT2D eigenvalue weighted by Crippen LogP contribution is 2.18. The van der Waals surface area contributed by atoms with Crippen molar-refractivity contribution in [2.45, 2.75) is 19.4 Å². The molecule has 0 aromatic heterocycles. The Morgan fingerprint density at radius 1 is 1.04 bits per heavy atom. The molecular formula is C18H19NO4. The van der Waals surface area contributed by atoms with Crippen molar-refractivity contribution in [2.24, 2.45) is 0 Å². The van der Waals surface area contributed by atoms with E-state index in [0.717, 1.165) is 0 Å². The highest BCUT2D eigenvalue weighted by molar-refractivity contribution is 6.02. The number of nitrogens with one attached hydrogen (secondary N) is 1. The zero-order chi connectivity index (χ0) is 16.7. The molecule has 0 heterocycles. The second-order valence-electron chi connectivity index (χ2n) is 4.85. The van der Waals surface area contributed by atoms with Crippen LogP contribution in [0.2, 0.25) is 0 Å². The fraction of sp³-hybridized carbons (Fsp3) is 0.222. The average Bonchev–Trinajstić information content (AvgIpc) is 2.60. The summed E-state index contributed by atoms with van der Waals surface area (Å²) in [5.74, 6) is -0.193. The quantitative estimate of drug-likeness (QED) is 0.831.